The maximum Gasteiger partial charge on any atom is 0.438 e. The predicted octanol–water partition coefficient (Wildman–Crippen LogP) is 5.82. The lowest BCUT2D eigenvalue weighted by Crippen LogP contribution is -2.68. The van der Waals surface area contributed by atoms with E-state index in [2.05, 4.69) is 9.47 Å². The van der Waals surface area contributed by atoms with Crippen molar-refractivity contribution < 1.29 is 103 Å². The van der Waals surface area contributed by atoms with E-state index in [1.54, 1.807) is 0 Å². The van der Waals surface area contributed by atoms with Crippen LogP contribution in [0.25, 0.3) is 0 Å². The van der Waals surface area contributed by atoms with Crippen LogP contribution in [0.15, 0.2) is 0 Å². The van der Waals surface area contributed by atoms with Gasteiger partial charge in [0, 0.05) is 0 Å². The Hall–Kier alpha value is -2.12. The molecule has 0 radical (unpaired) electrons. The average molecular weight is 877 g/mol. The molecule has 0 spiro atoms. The van der Waals surface area contributed by atoms with Crippen molar-refractivity contribution in [1.82, 2.24) is 0 Å². The maximum atomic E-state index is 14.1. The molecule has 9 unspecified atom stereocenters. The van der Waals surface area contributed by atoms with Crippen molar-refractivity contribution >= 4 is 32.2 Å². The van der Waals surface area contributed by atoms with Crippen molar-refractivity contribution in [3.63, 3.8) is 0 Å². The van der Waals surface area contributed by atoms with Gasteiger partial charge in [-0.25, -0.2) is 0 Å². The SMILES string of the molecule is O=C(CC12CC3CC(CC(C3)C1C1C3CC4CC(C(=O)OC(CS(=O)(=O)O)(C(F)(F)F)C(F)(F)F)(C3)CC1C4O)C2)OC(CS(=O)(=O)O)(C(F)(F)F)C(F)(F)F. The molecule has 25 heteroatoms. The minimum absolute atomic E-state index is 0.0300. The lowest BCUT2D eigenvalue weighted by atomic mass is 9.35. The number of esters is 2. The van der Waals surface area contributed by atoms with Gasteiger partial charge >= 0.3 is 47.8 Å². The summed E-state index contributed by atoms with van der Waals surface area (Å²) in [7, 11) is -12.2. The number of rotatable bonds is 10. The highest BCUT2D eigenvalue weighted by molar-refractivity contribution is 7.86. The van der Waals surface area contributed by atoms with Gasteiger partial charge in [0.15, 0.2) is 0 Å². The van der Waals surface area contributed by atoms with E-state index in [0.29, 0.717) is 19.3 Å². The first-order valence-corrected chi connectivity index (χ1v) is 20.6. The van der Waals surface area contributed by atoms with Gasteiger partial charge in [-0.15, -0.1) is 0 Å². The first-order chi connectivity index (χ1) is 25.1. The summed E-state index contributed by atoms with van der Waals surface area (Å²) in [6, 6.07) is 0. The van der Waals surface area contributed by atoms with Gasteiger partial charge in [0.25, 0.3) is 20.2 Å². The monoisotopic (exact) mass is 876 g/mol. The van der Waals surface area contributed by atoms with Crippen LogP contribution in [0, 0.1) is 58.2 Å². The lowest BCUT2D eigenvalue weighted by Gasteiger charge is -2.69. The van der Waals surface area contributed by atoms with E-state index in [1.165, 1.54) is 0 Å². The molecule has 56 heavy (non-hydrogen) atoms. The van der Waals surface area contributed by atoms with E-state index in [1.807, 2.05) is 0 Å². The number of ether oxygens (including phenoxy) is 2. The van der Waals surface area contributed by atoms with Gasteiger partial charge in [-0.2, -0.15) is 69.5 Å². The van der Waals surface area contributed by atoms with Gasteiger partial charge < -0.3 is 14.6 Å². The van der Waals surface area contributed by atoms with E-state index in [4.69, 9.17) is 9.11 Å². The molecule has 0 aromatic rings. The van der Waals surface area contributed by atoms with E-state index in [9.17, 15) is 84.2 Å². The summed E-state index contributed by atoms with van der Waals surface area (Å²) in [6.45, 7) is 0. The van der Waals surface area contributed by atoms with Crippen molar-refractivity contribution in [2.45, 2.75) is 106 Å². The fraction of sp³-hybridized carbons (Fsp3) is 0.935. The average Bonchev–Trinajstić information content (AvgIpc) is 2.95. The van der Waals surface area contributed by atoms with Gasteiger partial charge in [0.1, 0.15) is 11.5 Å². The Balaban J connectivity index is 1.35. The van der Waals surface area contributed by atoms with Gasteiger partial charge in [-0.3, -0.25) is 18.7 Å². The number of aliphatic hydroxyl groups is 1. The standard InChI is InChI=1S/C31H36F12O11S2/c32-28(33,34)26(29(35,36)37,11-55(47,48)49)53-19(44)10-24-5-13-1-14(6-24)3-15(2-13)21(24)20-16-4-17-8-25(7-16,9-18(20)22(17)45)23(46)54-27(30(38,39)40,31(41,42)43)12-56(50,51)52/h13-18,20-22,45H,1-12H2,(H,47,48,49)(H,50,51,52). The third kappa shape index (κ3) is 7.06. The number of halogens is 12. The quantitative estimate of drug-likeness (QED) is 0.137. The molecule has 0 heterocycles. The van der Waals surface area contributed by atoms with E-state index >= 15 is 0 Å². The Morgan fingerprint density at radius 3 is 1.50 bits per heavy atom. The van der Waals surface area contributed by atoms with Crippen molar-refractivity contribution in [2.75, 3.05) is 11.5 Å². The van der Waals surface area contributed by atoms with Gasteiger partial charge in [0.05, 0.1) is 17.9 Å². The largest absolute Gasteiger partial charge is 0.438 e. The fourth-order valence-electron chi connectivity index (χ4n) is 12.3. The van der Waals surface area contributed by atoms with Gasteiger partial charge in [-0.05, 0) is 111 Å². The number of fused-ring (bicyclic) bond motifs is 1. The zero-order valence-electron chi connectivity index (χ0n) is 28.6. The molecule has 8 aliphatic rings. The highest BCUT2D eigenvalue weighted by Crippen LogP contribution is 2.73. The zero-order valence-corrected chi connectivity index (χ0v) is 30.3. The fourth-order valence-corrected chi connectivity index (χ4v) is 14.1. The number of aliphatic hydroxyl groups excluding tert-OH is 1. The van der Waals surface area contributed by atoms with Crippen molar-refractivity contribution in [2.24, 2.45) is 58.2 Å². The maximum absolute atomic E-state index is 14.1. The molecule has 8 bridgehead atoms. The summed E-state index contributed by atoms with van der Waals surface area (Å²) in [4.78, 5) is 27.0. The Morgan fingerprint density at radius 1 is 0.607 bits per heavy atom. The molecule has 3 N–H and O–H groups in total. The second-order valence-corrected chi connectivity index (χ2v) is 19.9. The summed E-state index contributed by atoms with van der Waals surface area (Å²) >= 11 is 0. The van der Waals surface area contributed by atoms with Crippen LogP contribution in [-0.4, -0.2) is 96.5 Å². The first-order valence-electron chi connectivity index (χ1n) is 17.4. The topological polar surface area (TPSA) is 182 Å². The molecule has 11 nitrogen and oxygen atoms in total. The van der Waals surface area contributed by atoms with E-state index in [0.717, 1.165) is 0 Å². The number of carbonyl (C=O) groups is 2. The molecule has 8 fully saturated rings. The number of carbonyl (C=O) groups excluding carboxylic acids is 2. The summed E-state index contributed by atoms with van der Waals surface area (Å²) in [5.41, 5.74) is -15.0. The predicted molar refractivity (Wildman–Crippen MR) is 160 cm³/mol. The summed E-state index contributed by atoms with van der Waals surface area (Å²) in [5, 5.41) is 11.5. The molecule has 0 aromatic carbocycles. The number of hydrogen-bond acceptors (Lipinski definition) is 9. The molecule has 0 amide bonds. The van der Waals surface area contributed by atoms with Gasteiger partial charge in [0.2, 0.25) is 0 Å². The summed E-state index contributed by atoms with van der Waals surface area (Å²) in [5.74, 6) is -15.6. The first kappa shape index (κ1) is 43.5. The van der Waals surface area contributed by atoms with Crippen LogP contribution in [0.3, 0.4) is 0 Å². The summed E-state index contributed by atoms with van der Waals surface area (Å²) in [6.07, 6.45) is -28.8. The smallest absolute Gasteiger partial charge is 0.438 e. The third-order valence-electron chi connectivity index (χ3n) is 13.5. The van der Waals surface area contributed by atoms with Crippen molar-refractivity contribution in [1.29, 1.82) is 0 Å². The van der Waals surface area contributed by atoms with E-state index in [-0.39, 0.29) is 37.0 Å². The van der Waals surface area contributed by atoms with Gasteiger partial charge in [-0.1, -0.05) is 0 Å². The Bertz CT molecular complexity index is 1790. The Labute approximate surface area is 310 Å². The Kier molecular flexibility index (Phi) is 10.0. The molecule has 322 valence electrons. The van der Waals surface area contributed by atoms with Crippen LogP contribution in [0.2, 0.25) is 0 Å². The lowest BCUT2D eigenvalue weighted by molar-refractivity contribution is -0.365. The third-order valence-corrected chi connectivity index (χ3v) is 15.1. The molecule has 8 saturated carbocycles. The molecule has 0 aliphatic heterocycles. The second kappa shape index (κ2) is 12.9. The minimum atomic E-state index is -6.61. The van der Waals surface area contributed by atoms with Crippen LogP contribution < -0.4 is 0 Å². The molecule has 8 aliphatic carbocycles. The zero-order chi connectivity index (χ0) is 42.3. The van der Waals surface area contributed by atoms with Crippen LogP contribution in [0.4, 0.5) is 52.7 Å². The van der Waals surface area contributed by atoms with E-state index < -0.39 is 152 Å². The van der Waals surface area contributed by atoms with Crippen LogP contribution in [0.5, 0.6) is 0 Å². The second-order valence-electron chi connectivity index (χ2n) is 17.0. The minimum Gasteiger partial charge on any atom is -0.438 e. The highest BCUT2D eigenvalue weighted by atomic mass is 32.2. The Morgan fingerprint density at radius 2 is 1.05 bits per heavy atom. The van der Waals surface area contributed by atoms with Crippen LogP contribution in [0.1, 0.15) is 64.2 Å². The van der Waals surface area contributed by atoms with Crippen LogP contribution in [-0.2, 0) is 39.3 Å². The molecular weight excluding hydrogens is 840 g/mol. The normalized spacial score (nSPS) is 37.5. The highest BCUT2D eigenvalue weighted by Gasteiger charge is 2.79. The molecule has 8 rings (SSSR count). The van der Waals surface area contributed by atoms with Crippen molar-refractivity contribution in [3.8, 4) is 0 Å². The molecule has 9 atom stereocenters. The number of alkyl halides is 12. The molecular formula is C31H36F12O11S2. The van der Waals surface area contributed by atoms with Crippen molar-refractivity contribution in [3.05, 3.63) is 0 Å². The molecule has 0 saturated heterocycles. The summed E-state index contributed by atoms with van der Waals surface area (Å²) < 4.78 is 241. The van der Waals surface area contributed by atoms with Crippen LogP contribution >= 0.6 is 0 Å². The molecule has 0 aromatic heterocycles. The number of hydrogen-bond donors (Lipinski definition) is 3.